The number of aliphatic hydroxyl groups is 1. The molecule has 1 aliphatic rings. The second-order valence-corrected chi connectivity index (χ2v) is 10.7. The lowest BCUT2D eigenvalue weighted by molar-refractivity contribution is -0.137. The zero-order valence-corrected chi connectivity index (χ0v) is 21.2. The van der Waals surface area contributed by atoms with Crippen LogP contribution in [-0.2, 0) is 11.3 Å². The van der Waals surface area contributed by atoms with E-state index in [-0.39, 0.29) is 24.0 Å². The molecule has 8 heteroatoms. The van der Waals surface area contributed by atoms with Gasteiger partial charge < -0.3 is 15.3 Å². The largest absolute Gasteiger partial charge is 0.396 e. The van der Waals surface area contributed by atoms with Gasteiger partial charge in [0.05, 0.1) is 12.1 Å². The normalized spacial score (nSPS) is 15.8. The maximum Gasteiger partial charge on any atom is 0.273 e. The monoisotopic (exact) mass is 494 g/mol. The van der Waals surface area contributed by atoms with Crippen molar-refractivity contribution in [2.45, 2.75) is 52.6 Å². The first-order valence-electron chi connectivity index (χ1n) is 12.6. The predicted octanol–water partition coefficient (Wildman–Crippen LogP) is 3.99. The summed E-state index contributed by atoms with van der Waals surface area (Å²) in [6.45, 7) is 7.64. The number of nitrogens with one attached hydrogen (secondary N) is 1. The molecule has 4 rings (SSSR count). The number of para-hydroxylation sites is 1. The molecule has 1 aliphatic heterocycles. The Kier molecular flexibility index (Phi) is 7.73. The Bertz CT molecular complexity index is 1210. The summed E-state index contributed by atoms with van der Waals surface area (Å²) >= 11 is 0. The van der Waals surface area contributed by atoms with Gasteiger partial charge in [-0.1, -0.05) is 51.1 Å². The number of carbonyl (C=O) groups is 2. The number of piperidine rings is 1. The lowest BCUT2D eigenvalue weighted by Gasteiger charge is -2.38. The van der Waals surface area contributed by atoms with Crippen LogP contribution in [0.15, 0.2) is 48.5 Å². The summed E-state index contributed by atoms with van der Waals surface area (Å²) in [5.41, 5.74) is 1.41. The highest BCUT2D eigenvalue weighted by Crippen LogP contribution is 2.27. The van der Waals surface area contributed by atoms with Crippen LogP contribution in [0.25, 0.3) is 10.9 Å². The smallest absolute Gasteiger partial charge is 0.273 e. The number of halogens is 1. The van der Waals surface area contributed by atoms with E-state index in [9.17, 15) is 19.1 Å². The molecule has 0 aliphatic carbocycles. The molecule has 2 aromatic carbocycles. The topological polar surface area (TPSA) is 87.5 Å². The lowest BCUT2D eigenvalue weighted by atomic mass is 9.84. The molecule has 2 heterocycles. The lowest BCUT2D eigenvalue weighted by Crippen LogP contribution is -2.56. The minimum atomic E-state index is -0.708. The van der Waals surface area contributed by atoms with Crippen molar-refractivity contribution < 1.29 is 19.1 Å². The molecule has 192 valence electrons. The molecule has 2 N–H and O–H groups in total. The van der Waals surface area contributed by atoms with Crippen molar-refractivity contribution in [1.29, 1.82) is 0 Å². The molecule has 3 aromatic rings. The number of carbonyl (C=O) groups excluding carboxylic acids is 2. The number of fused-ring (bicyclic) bond motifs is 1. The third kappa shape index (κ3) is 5.75. The first kappa shape index (κ1) is 25.8. The number of hydrogen-bond donors (Lipinski definition) is 2. The number of hydrogen-bond acceptors (Lipinski definition) is 4. The number of likely N-dealkylation sites (tertiary alicyclic amines) is 1. The summed E-state index contributed by atoms with van der Waals surface area (Å²) in [5, 5.41) is 17.5. The van der Waals surface area contributed by atoms with E-state index in [1.54, 1.807) is 16.8 Å². The molecule has 0 radical (unpaired) electrons. The summed E-state index contributed by atoms with van der Waals surface area (Å²) in [5.74, 6) is -0.362. The zero-order chi connectivity index (χ0) is 25.9. The highest BCUT2D eigenvalue weighted by molar-refractivity contribution is 6.06. The van der Waals surface area contributed by atoms with Crippen LogP contribution in [0.3, 0.4) is 0 Å². The minimum Gasteiger partial charge on any atom is -0.396 e. The molecule has 7 nitrogen and oxygen atoms in total. The fraction of sp³-hybridized carbons (Fsp3) is 0.464. The fourth-order valence-corrected chi connectivity index (χ4v) is 4.83. The quantitative estimate of drug-likeness (QED) is 0.520. The predicted molar refractivity (Wildman–Crippen MR) is 137 cm³/mol. The maximum absolute atomic E-state index is 13.5. The summed E-state index contributed by atoms with van der Waals surface area (Å²) in [6.07, 6.45) is 2.47. The van der Waals surface area contributed by atoms with Crippen molar-refractivity contribution in [2.75, 3.05) is 19.7 Å². The van der Waals surface area contributed by atoms with Crippen LogP contribution in [0.4, 0.5) is 4.39 Å². The average Bonchev–Trinajstić information content (AvgIpc) is 3.22. The van der Waals surface area contributed by atoms with Crippen LogP contribution in [0.5, 0.6) is 0 Å². The van der Waals surface area contributed by atoms with Crippen LogP contribution in [0.1, 0.15) is 56.1 Å². The van der Waals surface area contributed by atoms with Crippen molar-refractivity contribution in [2.24, 2.45) is 11.3 Å². The third-order valence-corrected chi connectivity index (χ3v) is 6.97. The summed E-state index contributed by atoms with van der Waals surface area (Å²) in [7, 11) is 0. The summed E-state index contributed by atoms with van der Waals surface area (Å²) < 4.78 is 15.1. The average molecular weight is 495 g/mol. The molecule has 0 saturated carbocycles. The molecule has 0 unspecified atom stereocenters. The Labute approximate surface area is 211 Å². The van der Waals surface area contributed by atoms with Crippen molar-refractivity contribution >= 4 is 22.7 Å². The molecule has 0 bridgehead atoms. The molecule has 1 atom stereocenters. The van der Waals surface area contributed by atoms with Gasteiger partial charge in [0.25, 0.3) is 5.91 Å². The Morgan fingerprint density at radius 2 is 1.78 bits per heavy atom. The molecule has 2 amide bonds. The Morgan fingerprint density at radius 1 is 1.11 bits per heavy atom. The van der Waals surface area contributed by atoms with Crippen molar-refractivity contribution in [1.82, 2.24) is 20.0 Å². The Hall–Kier alpha value is -3.26. The van der Waals surface area contributed by atoms with E-state index in [4.69, 9.17) is 0 Å². The Morgan fingerprint density at radius 3 is 2.42 bits per heavy atom. The van der Waals surface area contributed by atoms with Gasteiger partial charge in [-0.25, -0.2) is 4.39 Å². The first-order chi connectivity index (χ1) is 17.2. The molecule has 0 spiro atoms. The number of nitrogens with zero attached hydrogens (tertiary/aromatic N) is 3. The maximum atomic E-state index is 13.5. The SMILES string of the molecule is CC(C)(C)[C@H](NC(=O)c1nn(Cc2ccc(F)cc2)c2ccccc12)C(=O)N1CCC(CCO)CC1. The van der Waals surface area contributed by atoms with E-state index in [1.807, 2.05) is 49.9 Å². The van der Waals surface area contributed by atoms with Crippen LogP contribution in [0.2, 0.25) is 0 Å². The van der Waals surface area contributed by atoms with Crippen molar-refractivity contribution in [3.05, 3.63) is 65.6 Å². The van der Waals surface area contributed by atoms with E-state index in [0.717, 1.165) is 30.3 Å². The van der Waals surface area contributed by atoms with Crippen molar-refractivity contribution in [3.63, 3.8) is 0 Å². The van der Waals surface area contributed by atoms with Gasteiger partial charge in [0.15, 0.2) is 5.69 Å². The van der Waals surface area contributed by atoms with Crippen LogP contribution < -0.4 is 5.32 Å². The van der Waals surface area contributed by atoms with Crippen LogP contribution in [-0.4, -0.2) is 57.3 Å². The van der Waals surface area contributed by atoms with Gasteiger partial charge in [-0.3, -0.25) is 14.3 Å². The molecule has 36 heavy (non-hydrogen) atoms. The standard InChI is InChI=1S/C28H35FN4O3/c1-28(2,3)25(27(36)32-15-12-19(13-16-32)14-17-34)30-26(35)24-22-6-4-5-7-23(22)33(31-24)18-20-8-10-21(29)11-9-20/h4-11,19,25,34H,12-18H2,1-3H3,(H,30,35)/t25-/m1/s1. The van der Waals surface area contributed by atoms with Gasteiger partial charge in [0.2, 0.25) is 5.91 Å². The van der Waals surface area contributed by atoms with Crippen LogP contribution >= 0.6 is 0 Å². The van der Waals surface area contributed by atoms with E-state index < -0.39 is 17.4 Å². The number of amides is 2. The molecule has 1 saturated heterocycles. The van der Waals surface area contributed by atoms with E-state index in [2.05, 4.69) is 10.4 Å². The second kappa shape index (κ2) is 10.8. The fourth-order valence-electron chi connectivity index (χ4n) is 4.83. The third-order valence-electron chi connectivity index (χ3n) is 6.97. The number of rotatable bonds is 7. The highest BCUT2D eigenvalue weighted by Gasteiger charge is 2.37. The minimum absolute atomic E-state index is 0.0895. The number of benzene rings is 2. The van der Waals surface area contributed by atoms with Gasteiger partial charge in [0.1, 0.15) is 11.9 Å². The number of aromatic nitrogens is 2. The summed E-state index contributed by atoms with van der Waals surface area (Å²) in [6, 6.07) is 13.0. The molecule has 1 aromatic heterocycles. The van der Waals surface area contributed by atoms with Gasteiger partial charge in [-0.05, 0) is 54.4 Å². The van der Waals surface area contributed by atoms with Gasteiger partial charge in [0, 0.05) is 25.1 Å². The van der Waals surface area contributed by atoms with Gasteiger partial charge in [-0.2, -0.15) is 5.10 Å². The van der Waals surface area contributed by atoms with Gasteiger partial charge >= 0.3 is 0 Å². The Balaban J connectivity index is 1.56. The van der Waals surface area contributed by atoms with Crippen LogP contribution in [0, 0.1) is 17.2 Å². The van der Waals surface area contributed by atoms with Gasteiger partial charge in [-0.15, -0.1) is 0 Å². The number of aliphatic hydroxyl groups excluding tert-OH is 1. The van der Waals surface area contributed by atoms with E-state index in [1.165, 1.54) is 12.1 Å². The summed E-state index contributed by atoms with van der Waals surface area (Å²) in [4.78, 5) is 28.9. The molecule has 1 fully saturated rings. The zero-order valence-electron chi connectivity index (χ0n) is 21.2. The highest BCUT2D eigenvalue weighted by atomic mass is 19.1. The van der Waals surface area contributed by atoms with Crippen molar-refractivity contribution in [3.8, 4) is 0 Å². The van der Waals surface area contributed by atoms with E-state index in [0.29, 0.717) is 30.9 Å². The first-order valence-corrected chi connectivity index (χ1v) is 12.6. The second-order valence-electron chi connectivity index (χ2n) is 10.7. The molecular formula is C28H35FN4O3. The molecular weight excluding hydrogens is 459 g/mol. The van der Waals surface area contributed by atoms with E-state index >= 15 is 0 Å².